The number of rotatable bonds is 7. The van der Waals surface area contributed by atoms with Crippen LogP contribution in [0.2, 0.25) is 5.02 Å². The van der Waals surface area contributed by atoms with Crippen molar-refractivity contribution >= 4 is 40.6 Å². The minimum Gasteiger partial charge on any atom is -0.350 e. The number of carbonyl (C=O) groups excluding carboxylic acids is 2. The number of aryl methyl sites for hydroxylation is 1. The fourth-order valence-corrected chi connectivity index (χ4v) is 5.84. The van der Waals surface area contributed by atoms with E-state index in [-0.39, 0.29) is 24.4 Å². The predicted octanol–water partition coefficient (Wildman–Crippen LogP) is 5.02. The van der Waals surface area contributed by atoms with Gasteiger partial charge in [0.1, 0.15) is 11.5 Å². The summed E-state index contributed by atoms with van der Waals surface area (Å²) in [5.74, 6) is 0.466. The summed E-state index contributed by atoms with van der Waals surface area (Å²) in [5, 5.41) is 0.938. The number of nitrogens with zero attached hydrogens (tertiary/aromatic N) is 6. The maximum atomic E-state index is 13.9. The van der Waals surface area contributed by atoms with E-state index in [0.717, 1.165) is 23.1 Å². The van der Waals surface area contributed by atoms with Gasteiger partial charge in [-0.2, -0.15) is 4.98 Å². The van der Waals surface area contributed by atoms with Crippen LogP contribution in [0.5, 0.6) is 0 Å². The summed E-state index contributed by atoms with van der Waals surface area (Å²) >= 11 is 6.86. The molecule has 0 unspecified atom stereocenters. The van der Waals surface area contributed by atoms with E-state index in [2.05, 4.69) is 30.4 Å². The molecule has 0 aliphatic carbocycles. The van der Waals surface area contributed by atoms with Crippen LogP contribution in [0.15, 0.2) is 60.0 Å². The zero-order chi connectivity index (χ0) is 30.1. The first-order valence-corrected chi connectivity index (χ1v) is 14.3. The number of hydrogen-bond donors (Lipinski definition) is 0. The first-order valence-electron chi connectivity index (χ1n) is 13.9. The summed E-state index contributed by atoms with van der Waals surface area (Å²) in [6, 6.07) is 10.6. The molecule has 9 nitrogen and oxygen atoms in total. The van der Waals surface area contributed by atoms with E-state index in [1.807, 2.05) is 30.9 Å². The molecule has 0 bridgehead atoms. The molecule has 0 N–H and O–H groups in total. The highest BCUT2D eigenvalue weighted by Crippen LogP contribution is 2.35. The van der Waals surface area contributed by atoms with Crippen LogP contribution in [-0.4, -0.2) is 62.3 Å². The topological polar surface area (TPSA) is 101 Å². The van der Waals surface area contributed by atoms with E-state index in [0.29, 0.717) is 58.3 Å². The van der Waals surface area contributed by atoms with Gasteiger partial charge in [0.2, 0.25) is 5.91 Å². The van der Waals surface area contributed by atoms with Crippen molar-refractivity contribution in [2.24, 2.45) is 0 Å². The minimum absolute atomic E-state index is 0.129. The largest absolute Gasteiger partial charge is 0.351 e. The maximum absolute atomic E-state index is 13.9. The molecule has 0 spiro atoms. The third kappa shape index (κ3) is 5.32. The van der Waals surface area contributed by atoms with Gasteiger partial charge in [-0.15, -0.1) is 0 Å². The van der Waals surface area contributed by atoms with Crippen molar-refractivity contribution in [2.75, 3.05) is 24.5 Å². The van der Waals surface area contributed by atoms with Crippen LogP contribution in [0.3, 0.4) is 0 Å². The van der Waals surface area contributed by atoms with E-state index < -0.39 is 5.69 Å². The third-order valence-corrected chi connectivity index (χ3v) is 8.09. The van der Waals surface area contributed by atoms with Gasteiger partial charge in [0, 0.05) is 48.7 Å². The van der Waals surface area contributed by atoms with Crippen LogP contribution in [0.4, 0.5) is 5.82 Å². The predicted molar refractivity (Wildman–Crippen MR) is 165 cm³/mol. The highest BCUT2D eigenvalue weighted by Gasteiger charge is 2.30. The van der Waals surface area contributed by atoms with E-state index in [1.165, 1.54) is 6.08 Å². The molecule has 4 aromatic rings. The molecule has 5 rings (SSSR count). The second kappa shape index (κ2) is 11.9. The Morgan fingerprint density at radius 1 is 1.21 bits per heavy atom. The summed E-state index contributed by atoms with van der Waals surface area (Å²) in [6.07, 6.45) is 3.86. The Morgan fingerprint density at radius 3 is 2.67 bits per heavy atom. The molecule has 0 radical (unpaired) electrons. The van der Waals surface area contributed by atoms with Crippen molar-refractivity contribution in [1.82, 2.24) is 24.4 Å². The van der Waals surface area contributed by atoms with Crippen LogP contribution in [0.25, 0.3) is 22.3 Å². The number of amides is 1. The zero-order valence-corrected chi connectivity index (χ0v) is 24.9. The molecular formula is C32H33ClN6O3. The fraction of sp³-hybridized carbons (Fsp3) is 0.312. The molecule has 4 heterocycles. The van der Waals surface area contributed by atoms with E-state index in [1.54, 1.807) is 39.9 Å². The number of piperazine rings is 1. The van der Waals surface area contributed by atoms with Gasteiger partial charge in [-0.25, -0.2) is 9.78 Å². The molecule has 3 aromatic heterocycles. The lowest BCUT2D eigenvalue weighted by molar-refractivity contribution is -0.126. The summed E-state index contributed by atoms with van der Waals surface area (Å²) in [6.45, 7) is 13.3. The number of anilines is 1. The minimum atomic E-state index is -0.461. The normalized spacial score (nSPS) is 15.3. The van der Waals surface area contributed by atoms with Crippen LogP contribution in [-0.2, 0) is 11.3 Å². The van der Waals surface area contributed by atoms with Crippen molar-refractivity contribution in [3.8, 4) is 11.3 Å². The van der Waals surface area contributed by atoms with Gasteiger partial charge in [-0.1, -0.05) is 56.3 Å². The quantitative estimate of drug-likeness (QED) is 0.170. The van der Waals surface area contributed by atoms with Crippen LogP contribution in [0.1, 0.15) is 53.9 Å². The first kappa shape index (κ1) is 29.1. The van der Waals surface area contributed by atoms with Gasteiger partial charge < -0.3 is 9.80 Å². The zero-order valence-electron chi connectivity index (χ0n) is 24.2. The maximum Gasteiger partial charge on any atom is 0.351 e. The Balaban J connectivity index is 1.74. The molecule has 216 valence electrons. The molecule has 1 aliphatic heterocycles. The SMILES string of the molecule is C=CC(=[18O])N1CCN(c2nc(=O)n(Cc3c(C)ccnc3C(C)C)c3nc(-c4ccccc4C=O)c(Cl)cc23)[C@@H](C)C1. The Labute approximate surface area is 249 Å². The summed E-state index contributed by atoms with van der Waals surface area (Å²) < 4.78 is 1.56. The Bertz CT molecular complexity index is 1770. The van der Waals surface area contributed by atoms with Gasteiger partial charge in [-0.3, -0.25) is 19.1 Å². The average Bonchev–Trinajstić information content (AvgIpc) is 2.98. The van der Waals surface area contributed by atoms with Crippen molar-refractivity contribution < 1.29 is 9.59 Å². The smallest absolute Gasteiger partial charge is 0.350 e. The van der Waals surface area contributed by atoms with Gasteiger partial charge in [0.05, 0.1) is 22.6 Å². The first-order chi connectivity index (χ1) is 20.1. The van der Waals surface area contributed by atoms with Crippen molar-refractivity contribution in [3.63, 3.8) is 0 Å². The molecule has 1 atom stereocenters. The molecule has 1 aromatic carbocycles. The molecule has 10 heteroatoms. The molecular weight excluding hydrogens is 554 g/mol. The number of fused-ring (bicyclic) bond motifs is 1. The lowest BCUT2D eigenvalue weighted by Gasteiger charge is -2.40. The van der Waals surface area contributed by atoms with Crippen LogP contribution in [0, 0.1) is 6.92 Å². The summed E-state index contributed by atoms with van der Waals surface area (Å²) in [4.78, 5) is 55.9. The Hall–Kier alpha value is -4.37. The van der Waals surface area contributed by atoms with Crippen molar-refractivity contribution in [3.05, 3.63) is 93.1 Å². The van der Waals surface area contributed by atoms with Crippen molar-refractivity contribution in [2.45, 2.75) is 46.2 Å². The second-order valence-electron chi connectivity index (χ2n) is 10.9. The second-order valence-corrected chi connectivity index (χ2v) is 11.3. The van der Waals surface area contributed by atoms with Crippen LogP contribution >= 0.6 is 11.6 Å². The lowest BCUT2D eigenvalue weighted by atomic mass is 9.99. The molecule has 1 aliphatic rings. The molecule has 1 saturated heterocycles. The van der Waals surface area contributed by atoms with Gasteiger partial charge in [0.25, 0.3) is 0 Å². The highest BCUT2D eigenvalue weighted by molar-refractivity contribution is 6.34. The Kier molecular flexibility index (Phi) is 8.22. The number of carbonyl (C=O) groups is 2. The lowest BCUT2D eigenvalue weighted by Crippen LogP contribution is -2.54. The van der Waals surface area contributed by atoms with Gasteiger partial charge in [0.15, 0.2) is 6.29 Å². The number of benzene rings is 1. The number of halogens is 1. The summed E-state index contributed by atoms with van der Waals surface area (Å²) in [7, 11) is 0. The van der Waals surface area contributed by atoms with Gasteiger partial charge in [-0.05, 0) is 49.1 Å². The number of aldehydes is 1. The van der Waals surface area contributed by atoms with E-state index in [4.69, 9.17) is 16.6 Å². The Morgan fingerprint density at radius 2 is 1.98 bits per heavy atom. The molecule has 0 saturated carbocycles. The molecule has 1 fully saturated rings. The van der Waals surface area contributed by atoms with E-state index >= 15 is 0 Å². The average molecular weight is 587 g/mol. The highest BCUT2D eigenvalue weighted by atomic mass is 35.5. The van der Waals surface area contributed by atoms with E-state index in [9.17, 15) is 14.4 Å². The molecule has 42 heavy (non-hydrogen) atoms. The fourth-order valence-electron chi connectivity index (χ4n) is 5.59. The monoisotopic (exact) mass is 586 g/mol. The number of hydrogen-bond acceptors (Lipinski definition) is 7. The van der Waals surface area contributed by atoms with Crippen LogP contribution < -0.4 is 10.6 Å². The number of aromatic nitrogens is 4. The van der Waals surface area contributed by atoms with Crippen molar-refractivity contribution in [1.29, 1.82) is 0 Å². The summed E-state index contributed by atoms with van der Waals surface area (Å²) in [5.41, 5.74) is 4.20. The molecule has 1 amide bonds. The number of pyridine rings is 2. The third-order valence-electron chi connectivity index (χ3n) is 7.80. The van der Waals surface area contributed by atoms with Gasteiger partial charge >= 0.3 is 5.69 Å². The standard InChI is InChI=1S/C32H33ClN6O3/c1-6-27(41)37-13-14-38(21(5)16-37)31-24-15-26(33)29(23-10-8-7-9-22(23)18-40)35-30(24)39(32(42)36-31)17-25-20(4)11-12-34-28(25)19(2)3/h6-12,15,18-19,21H,1,13-14,16-17H2,2-5H3/t21-/m0/s1/i41+2.